The average molecular weight is 539 g/mol. The molecule has 0 aromatic heterocycles. The maximum Gasteiger partial charge on any atom is 0.407 e. The highest BCUT2D eigenvalue weighted by Crippen LogP contribution is 2.44. The molecular formula is C31H32BN2O6. The van der Waals surface area contributed by atoms with Crippen molar-refractivity contribution in [3.8, 4) is 11.1 Å². The van der Waals surface area contributed by atoms with Gasteiger partial charge in [0.1, 0.15) is 31.8 Å². The predicted molar refractivity (Wildman–Crippen MR) is 152 cm³/mol. The number of Topliss-reactive ketones (excluding diaryl/α,β-unsaturated/α-hetero) is 1. The highest BCUT2D eigenvalue weighted by atomic mass is 16.5. The van der Waals surface area contributed by atoms with Gasteiger partial charge in [0, 0.05) is 18.8 Å². The van der Waals surface area contributed by atoms with Crippen molar-refractivity contribution in [2.45, 2.75) is 50.4 Å². The third-order valence-corrected chi connectivity index (χ3v) is 6.99. The maximum atomic E-state index is 13.2. The molecule has 3 aromatic rings. The highest BCUT2D eigenvalue weighted by molar-refractivity contribution is 6.39. The summed E-state index contributed by atoms with van der Waals surface area (Å²) in [6.45, 7) is 1.82. The number of carboxylic acid groups (broad SMARTS) is 1. The molecule has 205 valence electrons. The van der Waals surface area contributed by atoms with Gasteiger partial charge in [0.25, 0.3) is 0 Å². The number of aliphatic carboxylic acids is 1. The molecule has 0 aliphatic heterocycles. The molecule has 8 nitrogen and oxygen atoms in total. The fourth-order valence-corrected chi connectivity index (χ4v) is 5.01. The van der Waals surface area contributed by atoms with Crippen molar-refractivity contribution in [2.75, 3.05) is 6.61 Å². The third-order valence-electron chi connectivity index (χ3n) is 6.99. The van der Waals surface area contributed by atoms with Gasteiger partial charge in [0.2, 0.25) is 5.91 Å². The van der Waals surface area contributed by atoms with E-state index in [1.54, 1.807) is 14.1 Å². The van der Waals surface area contributed by atoms with Crippen molar-refractivity contribution in [3.05, 3.63) is 95.6 Å². The topological polar surface area (TPSA) is 122 Å². The van der Waals surface area contributed by atoms with Gasteiger partial charge in [-0.1, -0.05) is 85.7 Å². The quantitative estimate of drug-likeness (QED) is 0.280. The predicted octanol–water partition coefficient (Wildman–Crippen LogP) is 4.23. The molecule has 3 N–H and O–H groups in total. The van der Waals surface area contributed by atoms with E-state index in [1.807, 2.05) is 78.9 Å². The minimum atomic E-state index is -1.27. The number of ketones is 1. The minimum Gasteiger partial charge on any atom is -0.480 e. The molecule has 2 atom stereocenters. The van der Waals surface area contributed by atoms with E-state index in [1.165, 1.54) is 0 Å². The van der Waals surface area contributed by atoms with E-state index in [0.717, 1.165) is 27.8 Å². The summed E-state index contributed by atoms with van der Waals surface area (Å²) in [6, 6.07) is 22.7. The lowest BCUT2D eigenvalue weighted by Crippen LogP contribution is -2.52. The van der Waals surface area contributed by atoms with Gasteiger partial charge >= 0.3 is 12.1 Å². The van der Waals surface area contributed by atoms with Crippen LogP contribution in [0.2, 0.25) is 13.1 Å². The van der Waals surface area contributed by atoms with Crippen LogP contribution >= 0.6 is 0 Å². The first-order chi connectivity index (χ1) is 19.4. The van der Waals surface area contributed by atoms with Crippen LogP contribution in [-0.4, -0.2) is 54.8 Å². The van der Waals surface area contributed by atoms with Crippen molar-refractivity contribution in [1.82, 2.24) is 10.6 Å². The summed E-state index contributed by atoms with van der Waals surface area (Å²) in [5, 5.41) is 14.8. The minimum absolute atomic E-state index is 0.0186. The molecule has 4 rings (SSSR count). The molecule has 0 saturated carbocycles. The summed E-state index contributed by atoms with van der Waals surface area (Å²) in [4.78, 5) is 49.9. The van der Waals surface area contributed by atoms with Crippen molar-refractivity contribution in [2.24, 2.45) is 0 Å². The van der Waals surface area contributed by atoms with E-state index in [0.29, 0.717) is 0 Å². The van der Waals surface area contributed by atoms with Crippen LogP contribution in [0, 0.1) is 0 Å². The van der Waals surface area contributed by atoms with E-state index in [9.17, 15) is 24.3 Å². The fraction of sp³-hybridized carbons (Fsp3) is 0.290. The second-order valence-electron chi connectivity index (χ2n) is 9.80. The third kappa shape index (κ3) is 7.17. The Kier molecular flexibility index (Phi) is 9.73. The number of carbonyl (C=O) groups is 4. The molecule has 1 aliphatic carbocycles. The normalized spacial score (nSPS) is 13.3. The fourth-order valence-electron chi connectivity index (χ4n) is 5.01. The lowest BCUT2D eigenvalue weighted by molar-refractivity contribution is -0.142. The zero-order valence-corrected chi connectivity index (χ0v) is 22.3. The smallest absolute Gasteiger partial charge is 0.407 e. The van der Waals surface area contributed by atoms with Crippen molar-refractivity contribution < 1.29 is 29.0 Å². The number of nitrogens with one attached hydrogen (secondary N) is 2. The SMILES string of the molecule is C[B]CC(=O)CCC(NC(=O)C(Cc1ccccc1)NC(=O)OCC1c2ccccc2-c2ccccc21)C(=O)O. The second kappa shape index (κ2) is 13.6. The van der Waals surface area contributed by atoms with Gasteiger partial charge in [-0.2, -0.15) is 0 Å². The number of carboxylic acids is 1. The molecule has 1 aliphatic rings. The maximum absolute atomic E-state index is 13.2. The largest absolute Gasteiger partial charge is 0.480 e. The molecule has 2 unspecified atom stereocenters. The average Bonchev–Trinajstić information content (AvgIpc) is 3.28. The van der Waals surface area contributed by atoms with Crippen LogP contribution in [0.3, 0.4) is 0 Å². The number of amides is 2. The summed E-state index contributed by atoms with van der Waals surface area (Å²) >= 11 is 0. The van der Waals surface area contributed by atoms with E-state index in [2.05, 4.69) is 10.6 Å². The van der Waals surface area contributed by atoms with E-state index < -0.39 is 30.1 Å². The summed E-state index contributed by atoms with van der Waals surface area (Å²) in [5.74, 6) is -2.17. The lowest BCUT2D eigenvalue weighted by Gasteiger charge is -2.22. The number of hydrogen-bond acceptors (Lipinski definition) is 5. The summed E-state index contributed by atoms with van der Waals surface area (Å²) in [7, 11) is 1.70. The monoisotopic (exact) mass is 539 g/mol. The zero-order valence-electron chi connectivity index (χ0n) is 22.3. The van der Waals surface area contributed by atoms with E-state index >= 15 is 0 Å². The first-order valence-corrected chi connectivity index (χ1v) is 13.4. The van der Waals surface area contributed by atoms with Gasteiger partial charge in [-0.25, -0.2) is 9.59 Å². The molecule has 0 spiro atoms. The summed E-state index contributed by atoms with van der Waals surface area (Å²) < 4.78 is 5.62. The van der Waals surface area contributed by atoms with Gasteiger partial charge in [0.05, 0.1) is 0 Å². The number of benzene rings is 3. The van der Waals surface area contributed by atoms with Crippen LogP contribution in [0.25, 0.3) is 11.1 Å². The van der Waals surface area contributed by atoms with E-state index in [4.69, 9.17) is 4.74 Å². The molecule has 40 heavy (non-hydrogen) atoms. The number of alkyl carbamates (subject to hydrolysis) is 1. The van der Waals surface area contributed by atoms with Crippen molar-refractivity contribution in [3.63, 3.8) is 0 Å². The van der Waals surface area contributed by atoms with Gasteiger partial charge in [-0.15, -0.1) is 0 Å². The van der Waals surface area contributed by atoms with Crippen molar-refractivity contribution in [1.29, 1.82) is 0 Å². The summed E-state index contributed by atoms with van der Waals surface area (Å²) in [6.07, 6.45) is -0.437. The van der Waals surface area contributed by atoms with Crippen LogP contribution in [0.15, 0.2) is 78.9 Å². The standard InChI is InChI=1S/C31H32BN2O6/c1-32-18-21(35)15-16-27(30(37)38)33-29(36)28(17-20-9-3-2-4-10-20)34-31(39)40-19-26-24-13-7-5-11-22(24)23-12-6-8-14-25(23)26/h2-14,26-28H,15-19H2,1H3,(H,33,36)(H,34,39)(H,37,38). The number of rotatable bonds is 13. The van der Waals surface area contributed by atoms with Crippen LogP contribution in [0.1, 0.15) is 35.4 Å². The van der Waals surface area contributed by atoms with Gasteiger partial charge in [0.15, 0.2) is 0 Å². The first-order valence-electron chi connectivity index (χ1n) is 13.4. The second-order valence-corrected chi connectivity index (χ2v) is 9.80. The molecule has 0 fully saturated rings. The Hall–Kier alpha value is -4.40. The Bertz CT molecular complexity index is 1320. The Balaban J connectivity index is 1.44. The molecule has 0 saturated heterocycles. The Morgan fingerprint density at radius 2 is 1.45 bits per heavy atom. The van der Waals surface area contributed by atoms with Crippen LogP contribution in [0.5, 0.6) is 0 Å². The van der Waals surface area contributed by atoms with Crippen LogP contribution in [-0.2, 0) is 25.5 Å². The number of carbonyl (C=O) groups excluding carboxylic acids is 3. The summed E-state index contributed by atoms with van der Waals surface area (Å²) in [5.41, 5.74) is 5.11. The van der Waals surface area contributed by atoms with E-state index in [-0.39, 0.29) is 43.9 Å². The molecule has 1 radical (unpaired) electrons. The zero-order chi connectivity index (χ0) is 28.5. The van der Waals surface area contributed by atoms with Crippen molar-refractivity contribution >= 4 is 31.0 Å². The van der Waals surface area contributed by atoms with Gasteiger partial charge in [-0.3, -0.25) is 4.79 Å². The van der Waals surface area contributed by atoms with Crippen LogP contribution in [0.4, 0.5) is 4.79 Å². The molecule has 3 aromatic carbocycles. The lowest BCUT2D eigenvalue weighted by atomic mass is 9.75. The first kappa shape index (κ1) is 28.6. The highest BCUT2D eigenvalue weighted by Gasteiger charge is 2.31. The number of hydrogen-bond donors (Lipinski definition) is 3. The Morgan fingerprint density at radius 1 is 0.850 bits per heavy atom. The molecule has 2 amide bonds. The molecule has 9 heteroatoms. The Labute approximate surface area is 234 Å². The molecule has 0 heterocycles. The number of ether oxygens (including phenoxy) is 1. The Morgan fingerprint density at radius 3 is 2.05 bits per heavy atom. The molecule has 0 bridgehead atoms. The van der Waals surface area contributed by atoms with Gasteiger partial charge < -0.3 is 25.3 Å². The molecular weight excluding hydrogens is 507 g/mol. The number of fused-ring (bicyclic) bond motifs is 3. The van der Waals surface area contributed by atoms with Crippen LogP contribution < -0.4 is 10.6 Å². The van der Waals surface area contributed by atoms with Gasteiger partial charge in [-0.05, 0) is 40.6 Å².